The zero-order valence-corrected chi connectivity index (χ0v) is 15.1. The molecule has 0 radical (unpaired) electrons. The third-order valence-corrected chi connectivity index (χ3v) is 6.96. The van der Waals surface area contributed by atoms with Crippen LogP contribution in [0.1, 0.15) is 41.5 Å². The summed E-state index contributed by atoms with van der Waals surface area (Å²) in [6.45, 7) is 13.5. The normalized spacial score (nSPS) is 20.5. The Kier molecular flexibility index (Phi) is 4.49. The number of rotatable bonds is 4. The molecular formula is C18H26OSe. The summed E-state index contributed by atoms with van der Waals surface area (Å²) in [6.07, 6.45) is 2.44. The zero-order valence-electron chi connectivity index (χ0n) is 13.4. The van der Waals surface area contributed by atoms with E-state index in [1.165, 1.54) is 8.93 Å². The summed E-state index contributed by atoms with van der Waals surface area (Å²) in [4.78, 5) is 0. The van der Waals surface area contributed by atoms with E-state index in [0.29, 0.717) is 26.8 Å². The minimum absolute atomic E-state index is 0.116. The molecule has 110 valence electrons. The van der Waals surface area contributed by atoms with Crippen LogP contribution in [0.15, 0.2) is 40.9 Å². The molecule has 0 unspecified atom stereocenters. The van der Waals surface area contributed by atoms with Gasteiger partial charge in [-0.25, -0.2) is 0 Å². The second-order valence-corrected chi connectivity index (χ2v) is 9.04. The van der Waals surface area contributed by atoms with Crippen molar-refractivity contribution in [3.63, 3.8) is 0 Å². The SMILES string of the molecule is CC(C)C1(C(C)C)C=C([Se]c2ccccc2)C(C)(C)O1. The van der Waals surface area contributed by atoms with Crippen LogP contribution in [0.5, 0.6) is 0 Å². The molecule has 0 N–H and O–H groups in total. The van der Waals surface area contributed by atoms with Crippen molar-refractivity contribution in [1.82, 2.24) is 0 Å². The van der Waals surface area contributed by atoms with Crippen LogP contribution in [0.4, 0.5) is 0 Å². The first-order chi connectivity index (χ1) is 9.28. The molecule has 0 spiro atoms. The molecule has 0 amide bonds. The summed E-state index contributed by atoms with van der Waals surface area (Å²) in [7, 11) is 0. The first kappa shape index (κ1) is 15.8. The van der Waals surface area contributed by atoms with Crippen molar-refractivity contribution in [1.29, 1.82) is 0 Å². The van der Waals surface area contributed by atoms with Gasteiger partial charge in [0.25, 0.3) is 0 Å². The predicted molar refractivity (Wildman–Crippen MR) is 87.5 cm³/mol. The van der Waals surface area contributed by atoms with Gasteiger partial charge >= 0.3 is 130 Å². The summed E-state index contributed by atoms with van der Waals surface area (Å²) in [5.74, 6) is 0.983. The molecule has 2 rings (SSSR count). The van der Waals surface area contributed by atoms with Crippen molar-refractivity contribution in [2.75, 3.05) is 0 Å². The van der Waals surface area contributed by atoms with Gasteiger partial charge < -0.3 is 0 Å². The van der Waals surface area contributed by atoms with Crippen molar-refractivity contribution >= 4 is 19.4 Å². The first-order valence-electron chi connectivity index (χ1n) is 7.44. The molecule has 0 atom stereocenters. The topological polar surface area (TPSA) is 9.23 Å². The summed E-state index contributed by atoms with van der Waals surface area (Å²) in [6, 6.07) is 10.8. The van der Waals surface area contributed by atoms with Gasteiger partial charge in [-0.1, -0.05) is 0 Å². The second-order valence-electron chi connectivity index (χ2n) is 6.70. The van der Waals surface area contributed by atoms with E-state index in [-0.39, 0.29) is 11.2 Å². The van der Waals surface area contributed by atoms with Crippen LogP contribution in [-0.2, 0) is 4.74 Å². The molecule has 0 saturated heterocycles. The zero-order chi connectivity index (χ0) is 15.0. The number of ether oxygens (including phenoxy) is 1. The van der Waals surface area contributed by atoms with Crippen LogP contribution >= 0.6 is 0 Å². The van der Waals surface area contributed by atoms with Crippen LogP contribution in [0.25, 0.3) is 0 Å². The molecular weight excluding hydrogens is 311 g/mol. The summed E-state index contributed by atoms with van der Waals surface area (Å²) in [5.41, 5.74) is -0.264. The third kappa shape index (κ3) is 2.88. The fourth-order valence-corrected chi connectivity index (χ4v) is 5.17. The fraction of sp³-hybridized carbons (Fsp3) is 0.556. The summed E-state index contributed by atoms with van der Waals surface area (Å²) in [5, 5.41) is 0. The molecule has 20 heavy (non-hydrogen) atoms. The van der Waals surface area contributed by atoms with Crippen LogP contribution in [0.3, 0.4) is 0 Å². The van der Waals surface area contributed by atoms with E-state index in [1.807, 2.05) is 0 Å². The molecule has 1 aliphatic heterocycles. The molecule has 0 aromatic heterocycles. The van der Waals surface area contributed by atoms with E-state index in [0.717, 1.165) is 0 Å². The average molecular weight is 337 g/mol. The molecule has 1 heterocycles. The molecule has 0 fully saturated rings. The van der Waals surface area contributed by atoms with E-state index < -0.39 is 0 Å². The third-order valence-electron chi connectivity index (χ3n) is 4.16. The molecule has 1 aliphatic rings. The monoisotopic (exact) mass is 338 g/mol. The quantitative estimate of drug-likeness (QED) is 0.760. The van der Waals surface area contributed by atoms with Gasteiger partial charge in [-0.2, -0.15) is 0 Å². The molecule has 1 aromatic carbocycles. The Hall–Kier alpha value is -0.561. The predicted octanol–water partition coefficient (Wildman–Crippen LogP) is 3.76. The molecule has 1 aromatic rings. The van der Waals surface area contributed by atoms with E-state index in [9.17, 15) is 0 Å². The minimum atomic E-state index is -0.148. The fourth-order valence-electron chi connectivity index (χ4n) is 2.90. The van der Waals surface area contributed by atoms with Crippen molar-refractivity contribution < 1.29 is 4.74 Å². The Morgan fingerprint density at radius 1 is 0.950 bits per heavy atom. The van der Waals surface area contributed by atoms with E-state index in [4.69, 9.17) is 4.74 Å². The van der Waals surface area contributed by atoms with Crippen molar-refractivity contribution in [2.24, 2.45) is 11.8 Å². The average Bonchev–Trinajstić information content (AvgIpc) is 2.64. The number of benzene rings is 1. The maximum absolute atomic E-state index is 6.57. The van der Waals surface area contributed by atoms with Gasteiger partial charge in [0, 0.05) is 0 Å². The summed E-state index contributed by atoms with van der Waals surface area (Å²) >= 11 is 0.344. The Labute approximate surface area is 130 Å². The molecule has 0 aliphatic carbocycles. The molecule has 0 saturated carbocycles. The standard InChI is InChI=1S/C18H26OSe/c1-13(2)18(14(3)4)12-16(17(5,6)19-18)20-15-10-8-7-9-11-15/h7-14H,1-6H3. The number of hydrogen-bond donors (Lipinski definition) is 0. The van der Waals surface area contributed by atoms with Gasteiger partial charge in [0.05, 0.1) is 0 Å². The van der Waals surface area contributed by atoms with E-state index in [2.05, 4.69) is 78.0 Å². The van der Waals surface area contributed by atoms with Crippen molar-refractivity contribution in [3.8, 4) is 0 Å². The summed E-state index contributed by atoms with van der Waals surface area (Å²) < 4.78 is 9.46. The maximum atomic E-state index is 6.57. The number of hydrogen-bond acceptors (Lipinski definition) is 1. The van der Waals surface area contributed by atoms with E-state index >= 15 is 0 Å². The Morgan fingerprint density at radius 3 is 1.95 bits per heavy atom. The van der Waals surface area contributed by atoms with Gasteiger partial charge in [-0.15, -0.1) is 0 Å². The van der Waals surface area contributed by atoms with Crippen LogP contribution in [-0.4, -0.2) is 26.2 Å². The molecule has 1 nitrogen and oxygen atoms in total. The second kappa shape index (κ2) is 5.67. The van der Waals surface area contributed by atoms with E-state index in [1.54, 1.807) is 0 Å². The van der Waals surface area contributed by atoms with Gasteiger partial charge in [0.2, 0.25) is 0 Å². The van der Waals surface area contributed by atoms with Gasteiger partial charge in [0.15, 0.2) is 0 Å². The van der Waals surface area contributed by atoms with Crippen molar-refractivity contribution in [2.45, 2.75) is 52.7 Å². The van der Waals surface area contributed by atoms with Gasteiger partial charge in [0.1, 0.15) is 0 Å². The molecule has 0 bridgehead atoms. The van der Waals surface area contributed by atoms with Crippen LogP contribution in [0, 0.1) is 11.8 Å². The Balaban J connectivity index is 2.35. The Bertz CT molecular complexity index is 477. The van der Waals surface area contributed by atoms with Gasteiger partial charge in [-0.05, 0) is 0 Å². The Morgan fingerprint density at radius 2 is 1.50 bits per heavy atom. The van der Waals surface area contributed by atoms with Crippen molar-refractivity contribution in [3.05, 3.63) is 40.9 Å². The molecule has 2 heteroatoms. The van der Waals surface area contributed by atoms with Gasteiger partial charge in [-0.3, -0.25) is 0 Å². The van der Waals surface area contributed by atoms with Crippen LogP contribution < -0.4 is 4.46 Å². The first-order valence-corrected chi connectivity index (χ1v) is 9.15. The van der Waals surface area contributed by atoms with Crippen LogP contribution in [0.2, 0.25) is 0 Å².